The van der Waals surface area contributed by atoms with E-state index in [-0.39, 0.29) is 5.91 Å². The highest BCUT2D eigenvalue weighted by Gasteiger charge is 2.06. The number of benzene rings is 2. The third-order valence-corrected chi connectivity index (χ3v) is 3.58. The van der Waals surface area contributed by atoms with Gasteiger partial charge in [-0.15, -0.1) is 6.58 Å². The lowest BCUT2D eigenvalue weighted by atomic mass is 10.0. The molecule has 112 valence electrons. The fourth-order valence-corrected chi connectivity index (χ4v) is 2.15. The number of nitrogens with one attached hydrogen (secondary N) is 1. The highest BCUT2D eigenvalue weighted by Crippen LogP contribution is 2.19. The summed E-state index contributed by atoms with van der Waals surface area (Å²) in [6.45, 7) is 7.85. The van der Waals surface area contributed by atoms with Crippen LogP contribution in [0.15, 0.2) is 67.3 Å². The molecule has 2 nitrogen and oxygen atoms in total. The van der Waals surface area contributed by atoms with E-state index in [4.69, 9.17) is 0 Å². The molecule has 1 N–H and O–H groups in total. The fraction of sp³-hybridized carbons (Fsp3) is 0.150. The van der Waals surface area contributed by atoms with Crippen LogP contribution in [0.4, 0.5) is 5.69 Å². The first-order valence-corrected chi connectivity index (χ1v) is 7.40. The Bertz CT molecular complexity index is 666. The van der Waals surface area contributed by atoms with Crippen molar-refractivity contribution in [2.45, 2.75) is 19.8 Å². The third kappa shape index (κ3) is 3.95. The molecular formula is C20H21NO. The van der Waals surface area contributed by atoms with E-state index in [1.165, 1.54) is 5.56 Å². The van der Waals surface area contributed by atoms with Crippen LogP contribution in [-0.4, -0.2) is 5.91 Å². The van der Waals surface area contributed by atoms with Crippen molar-refractivity contribution in [1.29, 1.82) is 0 Å². The molecular weight excluding hydrogens is 270 g/mol. The molecule has 0 radical (unpaired) electrons. The summed E-state index contributed by atoms with van der Waals surface area (Å²) in [4.78, 5) is 12.2. The Morgan fingerprint density at radius 2 is 1.73 bits per heavy atom. The second kappa shape index (κ2) is 7.41. The van der Waals surface area contributed by atoms with Gasteiger partial charge in [-0.25, -0.2) is 0 Å². The quantitative estimate of drug-likeness (QED) is 0.748. The van der Waals surface area contributed by atoms with Gasteiger partial charge in [0.05, 0.1) is 0 Å². The average molecular weight is 291 g/mol. The lowest BCUT2D eigenvalue weighted by Gasteiger charge is -2.09. The molecule has 0 bridgehead atoms. The van der Waals surface area contributed by atoms with E-state index in [1.807, 2.05) is 73.7 Å². The number of carbonyl (C=O) groups is 1. The molecule has 1 atom stereocenters. The molecule has 1 unspecified atom stereocenters. The summed E-state index contributed by atoms with van der Waals surface area (Å²) in [7, 11) is 0. The number of hydrogen-bond acceptors (Lipinski definition) is 1. The van der Waals surface area contributed by atoms with Gasteiger partial charge in [-0.3, -0.25) is 4.79 Å². The van der Waals surface area contributed by atoms with Gasteiger partial charge in [0.25, 0.3) is 5.91 Å². The molecule has 0 saturated carbocycles. The smallest absolute Gasteiger partial charge is 0.255 e. The molecule has 0 fully saturated rings. The molecule has 0 aromatic heterocycles. The van der Waals surface area contributed by atoms with Crippen LogP contribution in [0.2, 0.25) is 0 Å². The number of carbonyl (C=O) groups excluding carboxylic acids is 1. The molecule has 1 amide bonds. The van der Waals surface area contributed by atoms with E-state index in [1.54, 1.807) is 0 Å². The lowest BCUT2D eigenvalue weighted by molar-refractivity contribution is 0.102. The maximum Gasteiger partial charge on any atom is 0.255 e. The Hall–Kier alpha value is -2.61. The predicted molar refractivity (Wildman–Crippen MR) is 94.2 cm³/mol. The van der Waals surface area contributed by atoms with E-state index in [0.29, 0.717) is 11.5 Å². The lowest BCUT2D eigenvalue weighted by Crippen LogP contribution is -2.11. The van der Waals surface area contributed by atoms with Crippen molar-refractivity contribution < 1.29 is 4.79 Å². The topological polar surface area (TPSA) is 29.1 Å². The van der Waals surface area contributed by atoms with E-state index in [9.17, 15) is 4.79 Å². The predicted octanol–water partition coefficient (Wildman–Crippen LogP) is 5.26. The Balaban J connectivity index is 2.06. The van der Waals surface area contributed by atoms with Crippen molar-refractivity contribution in [3.63, 3.8) is 0 Å². The van der Waals surface area contributed by atoms with E-state index >= 15 is 0 Å². The van der Waals surface area contributed by atoms with Crippen molar-refractivity contribution in [3.8, 4) is 0 Å². The van der Waals surface area contributed by atoms with E-state index < -0.39 is 0 Å². The second-order valence-corrected chi connectivity index (χ2v) is 5.22. The van der Waals surface area contributed by atoms with Gasteiger partial charge in [0.2, 0.25) is 0 Å². The monoisotopic (exact) mass is 291 g/mol. The van der Waals surface area contributed by atoms with Crippen LogP contribution in [0.1, 0.15) is 41.3 Å². The molecule has 2 heteroatoms. The summed E-state index contributed by atoms with van der Waals surface area (Å²) >= 11 is 0. The first-order valence-electron chi connectivity index (χ1n) is 7.40. The van der Waals surface area contributed by atoms with Gasteiger partial charge in [-0.2, -0.15) is 0 Å². The van der Waals surface area contributed by atoms with Crippen molar-refractivity contribution in [3.05, 3.63) is 84.0 Å². The molecule has 0 saturated heterocycles. The number of hydrogen-bond donors (Lipinski definition) is 1. The van der Waals surface area contributed by atoms with E-state index in [2.05, 4.69) is 18.8 Å². The van der Waals surface area contributed by atoms with Crippen molar-refractivity contribution >= 4 is 17.7 Å². The molecule has 0 spiro atoms. The molecule has 2 aromatic rings. The van der Waals surface area contributed by atoms with Crippen LogP contribution in [-0.2, 0) is 0 Å². The second-order valence-electron chi connectivity index (χ2n) is 5.22. The maximum absolute atomic E-state index is 12.2. The summed E-state index contributed by atoms with van der Waals surface area (Å²) in [6.07, 6.45) is 5.88. The number of allylic oxidation sites excluding steroid dienone is 2. The molecule has 0 heterocycles. The van der Waals surface area contributed by atoms with Gasteiger partial charge in [-0.05, 0) is 48.2 Å². The van der Waals surface area contributed by atoms with Gasteiger partial charge >= 0.3 is 0 Å². The average Bonchev–Trinajstić information content (AvgIpc) is 2.55. The Kier molecular flexibility index (Phi) is 5.31. The molecule has 0 aliphatic carbocycles. The highest BCUT2D eigenvalue weighted by atomic mass is 16.1. The van der Waals surface area contributed by atoms with Crippen molar-refractivity contribution in [1.82, 2.24) is 0 Å². The molecule has 22 heavy (non-hydrogen) atoms. The van der Waals surface area contributed by atoms with Gasteiger partial charge in [0.15, 0.2) is 0 Å². The Labute approximate surface area is 132 Å². The van der Waals surface area contributed by atoms with Gasteiger partial charge in [0.1, 0.15) is 0 Å². The van der Waals surface area contributed by atoms with Crippen LogP contribution in [0.5, 0.6) is 0 Å². The highest BCUT2D eigenvalue weighted by molar-refractivity contribution is 6.04. The molecule has 0 aliphatic heterocycles. The summed E-state index contributed by atoms with van der Waals surface area (Å²) in [5.41, 5.74) is 3.71. The minimum atomic E-state index is -0.100. The Morgan fingerprint density at radius 3 is 2.27 bits per heavy atom. The fourth-order valence-electron chi connectivity index (χ4n) is 2.15. The molecule has 2 aromatic carbocycles. The summed E-state index contributed by atoms with van der Waals surface area (Å²) in [6, 6.07) is 15.4. The minimum Gasteiger partial charge on any atom is -0.322 e. The largest absolute Gasteiger partial charge is 0.322 e. The van der Waals surface area contributed by atoms with Crippen LogP contribution in [0.25, 0.3) is 6.08 Å². The first kappa shape index (κ1) is 15.8. The van der Waals surface area contributed by atoms with Gasteiger partial charge in [0, 0.05) is 11.3 Å². The number of anilines is 1. The minimum absolute atomic E-state index is 0.100. The zero-order chi connectivity index (χ0) is 15.9. The normalized spacial score (nSPS) is 12.1. The molecule has 2 rings (SSSR count). The summed E-state index contributed by atoms with van der Waals surface area (Å²) in [5.74, 6) is 0.209. The van der Waals surface area contributed by atoms with Crippen molar-refractivity contribution in [2.75, 3.05) is 5.32 Å². The van der Waals surface area contributed by atoms with Crippen molar-refractivity contribution in [2.24, 2.45) is 0 Å². The van der Waals surface area contributed by atoms with Crippen LogP contribution in [0.3, 0.4) is 0 Å². The van der Waals surface area contributed by atoms with Crippen LogP contribution < -0.4 is 5.32 Å². The zero-order valence-electron chi connectivity index (χ0n) is 13.0. The third-order valence-electron chi connectivity index (χ3n) is 3.58. The SMILES string of the molecule is C=CC(C)c1ccc(NC(=O)c2ccc(C=CC)cc2)cc1. The zero-order valence-corrected chi connectivity index (χ0v) is 13.0. The van der Waals surface area contributed by atoms with Crippen LogP contribution in [0, 0.1) is 0 Å². The van der Waals surface area contributed by atoms with Crippen LogP contribution >= 0.6 is 0 Å². The summed E-state index contributed by atoms with van der Waals surface area (Å²) in [5, 5.41) is 2.91. The first-order chi connectivity index (χ1) is 10.6. The van der Waals surface area contributed by atoms with Gasteiger partial charge < -0.3 is 5.32 Å². The molecule has 0 aliphatic rings. The summed E-state index contributed by atoms with van der Waals surface area (Å²) < 4.78 is 0. The van der Waals surface area contributed by atoms with E-state index in [0.717, 1.165) is 11.3 Å². The van der Waals surface area contributed by atoms with Gasteiger partial charge in [-0.1, -0.05) is 49.4 Å². The number of amides is 1. The Morgan fingerprint density at radius 1 is 1.09 bits per heavy atom. The maximum atomic E-state index is 12.2. The standard InChI is InChI=1S/C20H21NO/c1-4-6-16-7-9-18(10-8-16)20(22)21-19-13-11-17(12-14-19)15(3)5-2/h4-15H,2H2,1,3H3,(H,21,22). The number of rotatable bonds is 5.